The van der Waals surface area contributed by atoms with E-state index in [2.05, 4.69) is 4.90 Å². The lowest BCUT2D eigenvalue weighted by Crippen LogP contribution is -2.49. The van der Waals surface area contributed by atoms with Gasteiger partial charge in [-0.25, -0.2) is 9.18 Å². The Morgan fingerprint density at radius 2 is 1.60 bits per heavy atom. The summed E-state index contributed by atoms with van der Waals surface area (Å²) in [6.45, 7) is 0.519. The zero-order valence-corrected chi connectivity index (χ0v) is 24.3. The van der Waals surface area contributed by atoms with E-state index < -0.39 is 52.6 Å². The highest BCUT2D eigenvalue weighted by molar-refractivity contribution is 5.35. The van der Waals surface area contributed by atoms with Gasteiger partial charge in [0, 0.05) is 31.2 Å². The van der Waals surface area contributed by atoms with Crippen LogP contribution in [0.3, 0.4) is 0 Å². The number of aromatic hydroxyl groups is 1. The molecule has 6 rings (SSSR count). The zero-order valence-electron chi connectivity index (χ0n) is 24.3. The number of benzene rings is 3. The molecule has 0 saturated carbocycles. The molecule has 8 nitrogen and oxygen atoms in total. The van der Waals surface area contributed by atoms with Crippen LogP contribution in [0.25, 0.3) is 0 Å². The number of nitrogens with two attached hydrogens (primary N) is 1. The molecule has 2 aliphatic rings. The normalized spacial score (nSPS) is 17.0. The molecule has 0 bridgehead atoms. The third kappa shape index (κ3) is 5.92. The number of likely N-dealkylation sites (tertiary alicyclic amines) is 1. The second-order valence-electron chi connectivity index (χ2n) is 11.6. The lowest BCUT2D eigenvalue weighted by atomic mass is 9.85. The number of ether oxygens (including phenoxy) is 1. The fourth-order valence-electron chi connectivity index (χ4n) is 6.42. The van der Waals surface area contributed by atoms with E-state index in [1.807, 2.05) is 12.1 Å². The summed E-state index contributed by atoms with van der Waals surface area (Å²) in [6.07, 6.45) is -4.08. The molecule has 12 heteroatoms. The molecule has 1 fully saturated rings. The molecule has 45 heavy (non-hydrogen) atoms. The molecule has 4 aromatic rings. The molecule has 1 aromatic heterocycles. The monoisotopic (exact) mass is 624 g/mol. The molecule has 2 aliphatic heterocycles. The summed E-state index contributed by atoms with van der Waals surface area (Å²) < 4.78 is 65.1. The van der Waals surface area contributed by atoms with Crippen molar-refractivity contribution in [3.05, 3.63) is 133 Å². The van der Waals surface area contributed by atoms with Crippen LogP contribution in [0, 0.1) is 5.82 Å². The molecule has 1 saturated heterocycles. The van der Waals surface area contributed by atoms with E-state index in [-0.39, 0.29) is 30.2 Å². The topological polar surface area (TPSA) is 103 Å². The van der Waals surface area contributed by atoms with Gasteiger partial charge in [0.05, 0.1) is 36.5 Å². The first kappa shape index (κ1) is 30.8. The number of hydrogen-bond acceptors (Lipinski definition) is 6. The first-order valence-corrected chi connectivity index (χ1v) is 14.6. The van der Waals surface area contributed by atoms with Gasteiger partial charge in [0.25, 0.3) is 5.56 Å². The van der Waals surface area contributed by atoms with Gasteiger partial charge in [0.1, 0.15) is 17.2 Å². The maximum atomic E-state index is 15.0. The maximum absolute atomic E-state index is 15.0. The molecule has 236 valence electrons. The van der Waals surface area contributed by atoms with Crippen LogP contribution in [0.1, 0.15) is 52.4 Å². The third-order valence-corrected chi connectivity index (χ3v) is 8.83. The number of alkyl halides is 3. The highest BCUT2D eigenvalue weighted by Crippen LogP contribution is 2.43. The fourth-order valence-corrected chi connectivity index (χ4v) is 6.42. The van der Waals surface area contributed by atoms with Gasteiger partial charge in [-0.05, 0) is 48.2 Å². The van der Waals surface area contributed by atoms with Crippen molar-refractivity contribution in [1.82, 2.24) is 14.0 Å². The minimum absolute atomic E-state index is 0.151. The van der Waals surface area contributed by atoms with E-state index in [9.17, 15) is 32.3 Å². The second kappa shape index (κ2) is 11.9. The van der Waals surface area contributed by atoms with Gasteiger partial charge in [0.15, 0.2) is 0 Å². The van der Waals surface area contributed by atoms with Crippen molar-refractivity contribution in [2.45, 2.75) is 56.9 Å². The van der Waals surface area contributed by atoms with Crippen LogP contribution in [0.5, 0.6) is 5.75 Å². The molecule has 3 N–H and O–H groups in total. The Kier molecular flexibility index (Phi) is 8.14. The molecule has 0 radical (unpaired) electrons. The molecule has 3 heterocycles. The Balaban J connectivity index is 1.41. The number of phenolic OH excluding ortho intramolecular Hbond substituents is 1. The van der Waals surface area contributed by atoms with Crippen LogP contribution in [0.2, 0.25) is 0 Å². The Labute approximate surface area is 255 Å². The Hall–Kier alpha value is -4.26. The summed E-state index contributed by atoms with van der Waals surface area (Å²) in [4.78, 5) is 30.2. The van der Waals surface area contributed by atoms with Crippen molar-refractivity contribution in [2.75, 3.05) is 13.1 Å². The summed E-state index contributed by atoms with van der Waals surface area (Å²) in [7, 11) is 0. The largest absolute Gasteiger partial charge is 0.508 e. The number of halogens is 4. The van der Waals surface area contributed by atoms with E-state index in [0.29, 0.717) is 38.0 Å². The Morgan fingerprint density at radius 3 is 2.27 bits per heavy atom. The molecule has 0 unspecified atom stereocenters. The van der Waals surface area contributed by atoms with Gasteiger partial charge in [0.2, 0.25) is 0 Å². The molecule has 0 amide bonds. The first-order valence-electron chi connectivity index (χ1n) is 14.6. The Morgan fingerprint density at radius 1 is 0.911 bits per heavy atom. The van der Waals surface area contributed by atoms with Gasteiger partial charge in [-0.2, -0.15) is 13.2 Å². The average Bonchev–Trinajstić information content (AvgIpc) is 3.38. The van der Waals surface area contributed by atoms with E-state index >= 15 is 0 Å². The summed E-state index contributed by atoms with van der Waals surface area (Å²) in [5.41, 5.74) is 3.98. The molecule has 0 aliphatic carbocycles. The third-order valence-electron chi connectivity index (χ3n) is 8.83. The van der Waals surface area contributed by atoms with E-state index in [1.54, 1.807) is 42.5 Å². The van der Waals surface area contributed by atoms with Crippen molar-refractivity contribution in [2.24, 2.45) is 5.73 Å². The highest BCUT2D eigenvalue weighted by atomic mass is 19.4. The number of fused-ring (bicyclic) bond motifs is 2. The minimum Gasteiger partial charge on any atom is -0.508 e. The van der Waals surface area contributed by atoms with Crippen molar-refractivity contribution in [3.63, 3.8) is 0 Å². The van der Waals surface area contributed by atoms with Crippen molar-refractivity contribution >= 4 is 0 Å². The van der Waals surface area contributed by atoms with E-state index in [4.69, 9.17) is 10.5 Å². The van der Waals surface area contributed by atoms with Crippen molar-refractivity contribution in [1.29, 1.82) is 0 Å². The number of piperidine rings is 1. The van der Waals surface area contributed by atoms with Crippen LogP contribution in [-0.4, -0.2) is 32.2 Å². The summed E-state index contributed by atoms with van der Waals surface area (Å²) in [5, 5.41) is 9.60. The standard InChI is InChI=1S/C33H32F4N4O4/c34-26-8-4-7-25(33(35,36)37)24(26)18-40-28-20-45-32(13-15-39(16-14-32)17-21-9-11-23(42)12-10-21)29(28)30(43)41(31(40)44)19-27(38)22-5-2-1-3-6-22/h1-12,27,42H,13-20,38H2/t27-/m0/s1. The summed E-state index contributed by atoms with van der Waals surface area (Å²) in [6, 6.07) is 17.6. The summed E-state index contributed by atoms with van der Waals surface area (Å²) >= 11 is 0. The van der Waals surface area contributed by atoms with Crippen LogP contribution in [0.4, 0.5) is 17.6 Å². The maximum Gasteiger partial charge on any atom is 0.416 e. The lowest BCUT2D eigenvalue weighted by molar-refractivity contribution is -0.138. The quantitative estimate of drug-likeness (QED) is 0.291. The number of nitrogens with zero attached hydrogens (tertiary/aromatic N) is 3. The van der Waals surface area contributed by atoms with Gasteiger partial charge in [-0.15, -0.1) is 0 Å². The number of aromatic nitrogens is 2. The lowest BCUT2D eigenvalue weighted by Gasteiger charge is -2.39. The predicted octanol–water partition coefficient (Wildman–Crippen LogP) is 4.64. The molecule has 1 spiro atoms. The molecular weight excluding hydrogens is 592 g/mol. The van der Waals surface area contributed by atoms with Crippen molar-refractivity contribution < 1.29 is 27.4 Å². The van der Waals surface area contributed by atoms with Crippen LogP contribution in [-0.2, 0) is 42.8 Å². The van der Waals surface area contributed by atoms with Gasteiger partial charge < -0.3 is 15.6 Å². The number of rotatable bonds is 7. The molecule has 3 aromatic carbocycles. The Bertz CT molecular complexity index is 1810. The minimum atomic E-state index is -4.86. The van der Waals surface area contributed by atoms with Crippen LogP contribution >= 0.6 is 0 Å². The number of hydrogen-bond donors (Lipinski definition) is 2. The number of phenols is 1. The van der Waals surface area contributed by atoms with Crippen molar-refractivity contribution in [3.8, 4) is 5.75 Å². The zero-order chi connectivity index (χ0) is 31.9. The second-order valence-corrected chi connectivity index (χ2v) is 11.6. The van der Waals surface area contributed by atoms with E-state index in [0.717, 1.165) is 32.9 Å². The van der Waals surface area contributed by atoms with Gasteiger partial charge in [-0.3, -0.25) is 18.8 Å². The first-order chi connectivity index (χ1) is 21.5. The van der Waals surface area contributed by atoms with E-state index in [1.165, 1.54) is 0 Å². The SMILES string of the molecule is N[C@@H](Cn1c(=O)c2c(n(Cc3c(F)cccc3C(F)(F)F)c1=O)COC21CCN(Cc2ccc(O)cc2)CC1)c1ccccc1. The fraction of sp³-hybridized carbons (Fsp3) is 0.333. The van der Waals surface area contributed by atoms with Crippen LogP contribution < -0.4 is 17.0 Å². The summed E-state index contributed by atoms with van der Waals surface area (Å²) in [5.74, 6) is -0.945. The molecular formula is C33H32F4N4O4. The highest BCUT2D eigenvalue weighted by Gasteiger charge is 2.47. The molecule has 1 atom stereocenters. The van der Waals surface area contributed by atoms with Gasteiger partial charge in [-0.1, -0.05) is 48.5 Å². The predicted molar refractivity (Wildman–Crippen MR) is 158 cm³/mol. The van der Waals surface area contributed by atoms with Crippen LogP contribution in [0.15, 0.2) is 82.4 Å². The van der Waals surface area contributed by atoms with Gasteiger partial charge >= 0.3 is 11.9 Å². The smallest absolute Gasteiger partial charge is 0.416 e. The average molecular weight is 625 g/mol.